The minimum absolute atomic E-state index is 0.427. The molecule has 1 aliphatic rings. The molecule has 0 amide bonds. The highest BCUT2D eigenvalue weighted by Gasteiger charge is 2.17. The van der Waals surface area contributed by atoms with Gasteiger partial charge < -0.3 is 4.90 Å². The average molecular weight is 207 g/mol. The number of hydrogen-bond donors (Lipinski definition) is 0. The maximum absolute atomic E-state index is 13.1. The first-order chi connectivity index (χ1) is 7.22. The van der Waals surface area contributed by atoms with Gasteiger partial charge >= 0.3 is 0 Å². The minimum Gasteiger partial charge on any atom is -0.370 e. The SMILES string of the molecule is C#Cc1cc(F)c(F)cc1N1CCCC1. The van der Waals surface area contributed by atoms with Gasteiger partial charge in [0.1, 0.15) is 0 Å². The van der Waals surface area contributed by atoms with E-state index in [9.17, 15) is 8.78 Å². The van der Waals surface area contributed by atoms with E-state index in [0.717, 1.165) is 32.0 Å². The van der Waals surface area contributed by atoms with Gasteiger partial charge in [0, 0.05) is 19.2 Å². The van der Waals surface area contributed by atoms with Gasteiger partial charge in [0.05, 0.1) is 11.3 Å². The van der Waals surface area contributed by atoms with Crippen LogP contribution in [0.5, 0.6) is 0 Å². The summed E-state index contributed by atoms with van der Waals surface area (Å²) in [7, 11) is 0. The highest BCUT2D eigenvalue weighted by Crippen LogP contribution is 2.26. The molecule has 1 aliphatic heterocycles. The molecule has 0 N–H and O–H groups in total. The third-order valence-corrected chi connectivity index (χ3v) is 2.64. The molecule has 0 radical (unpaired) electrons. The monoisotopic (exact) mass is 207 g/mol. The van der Waals surface area contributed by atoms with E-state index >= 15 is 0 Å². The summed E-state index contributed by atoms with van der Waals surface area (Å²) in [4.78, 5) is 2.00. The van der Waals surface area contributed by atoms with Gasteiger partial charge in [0.25, 0.3) is 0 Å². The van der Waals surface area contributed by atoms with Crippen LogP contribution in [0, 0.1) is 24.0 Å². The standard InChI is InChI=1S/C12H11F2N/c1-2-9-7-10(13)11(14)8-12(9)15-5-3-4-6-15/h1,7-8H,3-6H2. The molecule has 3 heteroatoms. The summed E-state index contributed by atoms with van der Waals surface area (Å²) in [5.41, 5.74) is 1.06. The third kappa shape index (κ3) is 1.80. The van der Waals surface area contributed by atoms with E-state index < -0.39 is 11.6 Å². The molecule has 1 aromatic carbocycles. The van der Waals surface area contributed by atoms with Crippen molar-refractivity contribution in [1.82, 2.24) is 0 Å². The Bertz CT molecular complexity index is 414. The molecule has 0 spiro atoms. The average Bonchev–Trinajstić information content (AvgIpc) is 2.74. The van der Waals surface area contributed by atoms with Gasteiger partial charge in [-0.1, -0.05) is 5.92 Å². The Kier molecular flexibility index (Phi) is 2.59. The number of terminal acetylenes is 1. The smallest absolute Gasteiger partial charge is 0.160 e. The van der Waals surface area contributed by atoms with Gasteiger partial charge in [-0.05, 0) is 18.9 Å². The second kappa shape index (κ2) is 3.90. The lowest BCUT2D eigenvalue weighted by Gasteiger charge is -2.19. The fourth-order valence-corrected chi connectivity index (χ4v) is 1.87. The highest BCUT2D eigenvalue weighted by molar-refractivity contribution is 5.61. The van der Waals surface area contributed by atoms with Crippen molar-refractivity contribution in [2.45, 2.75) is 12.8 Å². The zero-order valence-electron chi connectivity index (χ0n) is 8.26. The lowest BCUT2D eigenvalue weighted by atomic mass is 10.1. The molecule has 1 saturated heterocycles. The number of rotatable bonds is 1. The summed E-state index contributed by atoms with van der Waals surface area (Å²) in [5, 5.41) is 0. The van der Waals surface area contributed by atoms with Crippen LogP contribution < -0.4 is 4.90 Å². The predicted molar refractivity (Wildman–Crippen MR) is 55.7 cm³/mol. The maximum Gasteiger partial charge on any atom is 0.160 e. The van der Waals surface area contributed by atoms with Crippen LogP contribution in [0.3, 0.4) is 0 Å². The van der Waals surface area contributed by atoms with Crippen molar-refractivity contribution in [2.24, 2.45) is 0 Å². The molecule has 0 aromatic heterocycles. The molecule has 1 heterocycles. The Morgan fingerprint density at radius 2 is 1.73 bits per heavy atom. The van der Waals surface area contributed by atoms with E-state index in [1.165, 1.54) is 6.07 Å². The number of anilines is 1. The molecule has 0 atom stereocenters. The van der Waals surface area contributed by atoms with Crippen molar-refractivity contribution < 1.29 is 8.78 Å². The normalized spacial score (nSPS) is 15.4. The van der Waals surface area contributed by atoms with Gasteiger partial charge in [-0.25, -0.2) is 8.78 Å². The first kappa shape index (κ1) is 9.97. The maximum atomic E-state index is 13.1. The van der Waals surface area contributed by atoms with E-state index in [0.29, 0.717) is 11.3 Å². The van der Waals surface area contributed by atoms with Crippen LogP contribution in [0.4, 0.5) is 14.5 Å². The highest BCUT2D eigenvalue weighted by atomic mass is 19.2. The zero-order chi connectivity index (χ0) is 10.8. The fourth-order valence-electron chi connectivity index (χ4n) is 1.87. The summed E-state index contributed by atoms with van der Waals surface area (Å²) in [6.07, 6.45) is 7.42. The van der Waals surface area contributed by atoms with E-state index in [-0.39, 0.29) is 0 Å². The summed E-state index contributed by atoms with van der Waals surface area (Å²) in [6, 6.07) is 2.28. The topological polar surface area (TPSA) is 3.24 Å². The molecular weight excluding hydrogens is 196 g/mol. The van der Waals surface area contributed by atoms with E-state index in [1.54, 1.807) is 0 Å². The number of nitrogens with zero attached hydrogens (tertiary/aromatic N) is 1. The third-order valence-electron chi connectivity index (χ3n) is 2.64. The van der Waals surface area contributed by atoms with Gasteiger partial charge in [0.2, 0.25) is 0 Å². The molecular formula is C12H11F2N. The van der Waals surface area contributed by atoms with Crippen molar-refractivity contribution in [1.29, 1.82) is 0 Å². The van der Waals surface area contributed by atoms with Gasteiger partial charge in [-0.3, -0.25) is 0 Å². The lowest BCUT2D eigenvalue weighted by Crippen LogP contribution is -2.19. The van der Waals surface area contributed by atoms with E-state index in [1.807, 2.05) is 4.90 Å². The molecule has 0 unspecified atom stereocenters. The number of benzene rings is 1. The molecule has 1 aromatic rings. The largest absolute Gasteiger partial charge is 0.370 e. The Balaban J connectivity index is 2.45. The molecule has 0 aliphatic carbocycles. The van der Waals surface area contributed by atoms with Crippen LogP contribution in [-0.2, 0) is 0 Å². The second-order valence-electron chi connectivity index (χ2n) is 3.62. The molecule has 0 saturated carbocycles. The Morgan fingerprint density at radius 1 is 1.13 bits per heavy atom. The van der Waals surface area contributed by atoms with Crippen LogP contribution in [0.15, 0.2) is 12.1 Å². The second-order valence-corrected chi connectivity index (χ2v) is 3.62. The van der Waals surface area contributed by atoms with E-state index in [2.05, 4.69) is 5.92 Å². The summed E-state index contributed by atoms with van der Waals surface area (Å²) in [5.74, 6) is 0.672. The number of halogens is 2. The van der Waals surface area contributed by atoms with Crippen molar-refractivity contribution in [3.05, 3.63) is 29.3 Å². The van der Waals surface area contributed by atoms with Crippen LogP contribution in [0.2, 0.25) is 0 Å². The zero-order valence-corrected chi connectivity index (χ0v) is 8.26. The Labute approximate surface area is 87.7 Å². The van der Waals surface area contributed by atoms with Gasteiger partial charge in [0.15, 0.2) is 11.6 Å². The van der Waals surface area contributed by atoms with E-state index in [4.69, 9.17) is 6.42 Å². The molecule has 78 valence electrons. The Hall–Kier alpha value is -1.56. The first-order valence-corrected chi connectivity index (χ1v) is 4.93. The van der Waals surface area contributed by atoms with Gasteiger partial charge in [-0.15, -0.1) is 6.42 Å². The van der Waals surface area contributed by atoms with Crippen molar-refractivity contribution in [2.75, 3.05) is 18.0 Å². The fraction of sp³-hybridized carbons (Fsp3) is 0.333. The van der Waals surface area contributed by atoms with Crippen LogP contribution in [-0.4, -0.2) is 13.1 Å². The molecule has 1 fully saturated rings. The summed E-state index contributed by atoms with van der Waals surface area (Å²) < 4.78 is 26.0. The van der Waals surface area contributed by atoms with Crippen molar-refractivity contribution in [3.8, 4) is 12.3 Å². The predicted octanol–water partition coefficient (Wildman–Crippen LogP) is 2.55. The van der Waals surface area contributed by atoms with Crippen molar-refractivity contribution in [3.63, 3.8) is 0 Å². The molecule has 15 heavy (non-hydrogen) atoms. The summed E-state index contributed by atoms with van der Waals surface area (Å²) in [6.45, 7) is 1.72. The minimum atomic E-state index is -0.883. The molecule has 0 bridgehead atoms. The Morgan fingerprint density at radius 3 is 2.33 bits per heavy atom. The van der Waals surface area contributed by atoms with Gasteiger partial charge in [-0.2, -0.15) is 0 Å². The van der Waals surface area contributed by atoms with Crippen LogP contribution in [0.1, 0.15) is 18.4 Å². The number of hydrogen-bond acceptors (Lipinski definition) is 1. The van der Waals surface area contributed by atoms with Crippen LogP contribution >= 0.6 is 0 Å². The molecule has 2 rings (SSSR count). The quantitative estimate of drug-likeness (QED) is 0.640. The van der Waals surface area contributed by atoms with Crippen LogP contribution in [0.25, 0.3) is 0 Å². The lowest BCUT2D eigenvalue weighted by molar-refractivity contribution is 0.508. The summed E-state index contributed by atoms with van der Waals surface area (Å²) >= 11 is 0. The molecule has 1 nitrogen and oxygen atoms in total. The first-order valence-electron chi connectivity index (χ1n) is 4.93. The van der Waals surface area contributed by atoms with Crippen molar-refractivity contribution >= 4 is 5.69 Å².